The minimum absolute atomic E-state index is 0.0854. The van der Waals surface area contributed by atoms with Crippen LogP contribution in [0.25, 0.3) is 0 Å². The SMILES string of the molecule is COc1ccc(C(=O)NC2CN3CCC2CC3)c(F)c1. The number of hydrogen-bond donors (Lipinski definition) is 1. The summed E-state index contributed by atoms with van der Waals surface area (Å²) in [7, 11) is 1.47. The van der Waals surface area contributed by atoms with Gasteiger partial charge in [0.2, 0.25) is 0 Å². The van der Waals surface area contributed by atoms with Gasteiger partial charge in [-0.05, 0) is 44.0 Å². The van der Waals surface area contributed by atoms with Crippen LogP contribution in [0.1, 0.15) is 23.2 Å². The summed E-state index contributed by atoms with van der Waals surface area (Å²) < 4.78 is 18.8. The highest BCUT2D eigenvalue weighted by atomic mass is 19.1. The summed E-state index contributed by atoms with van der Waals surface area (Å²) in [6.45, 7) is 3.12. The van der Waals surface area contributed by atoms with E-state index in [0.717, 1.165) is 32.5 Å². The lowest BCUT2D eigenvalue weighted by atomic mass is 9.84. The van der Waals surface area contributed by atoms with E-state index in [4.69, 9.17) is 4.74 Å². The van der Waals surface area contributed by atoms with Crippen LogP contribution in [-0.4, -0.2) is 43.6 Å². The molecule has 4 rings (SSSR count). The molecule has 1 aromatic rings. The molecule has 3 saturated heterocycles. The minimum atomic E-state index is -0.539. The Morgan fingerprint density at radius 2 is 2.15 bits per heavy atom. The van der Waals surface area contributed by atoms with Gasteiger partial charge in [-0.15, -0.1) is 0 Å². The zero-order chi connectivity index (χ0) is 14.1. The lowest BCUT2D eigenvalue weighted by Gasteiger charge is -2.44. The molecule has 20 heavy (non-hydrogen) atoms. The minimum Gasteiger partial charge on any atom is -0.497 e. The van der Waals surface area contributed by atoms with Crippen LogP contribution in [0.4, 0.5) is 4.39 Å². The fourth-order valence-electron chi connectivity index (χ4n) is 3.18. The maximum atomic E-state index is 13.9. The van der Waals surface area contributed by atoms with Gasteiger partial charge in [0.05, 0.1) is 12.7 Å². The average Bonchev–Trinajstić information content (AvgIpc) is 2.48. The average molecular weight is 278 g/mol. The molecule has 0 aromatic heterocycles. The molecule has 2 bridgehead atoms. The molecule has 3 heterocycles. The maximum Gasteiger partial charge on any atom is 0.254 e. The summed E-state index contributed by atoms with van der Waals surface area (Å²) in [5.74, 6) is 0.0826. The smallest absolute Gasteiger partial charge is 0.254 e. The first-order valence-electron chi connectivity index (χ1n) is 7.04. The van der Waals surface area contributed by atoms with Crippen molar-refractivity contribution < 1.29 is 13.9 Å². The van der Waals surface area contributed by atoms with Crippen molar-refractivity contribution in [3.63, 3.8) is 0 Å². The van der Waals surface area contributed by atoms with Gasteiger partial charge in [-0.25, -0.2) is 4.39 Å². The normalized spacial score (nSPS) is 28.2. The number of ether oxygens (including phenoxy) is 1. The zero-order valence-corrected chi connectivity index (χ0v) is 11.6. The topological polar surface area (TPSA) is 41.6 Å². The first-order valence-corrected chi connectivity index (χ1v) is 7.04. The molecule has 3 aliphatic heterocycles. The molecule has 1 unspecified atom stereocenters. The molecule has 0 spiro atoms. The molecule has 3 aliphatic rings. The number of methoxy groups -OCH3 is 1. The monoisotopic (exact) mass is 278 g/mol. The predicted molar refractivity (Wildman–Crippen MR) is 73.4 cm³/mol. The van der Waals surface area contributed by atoms with Crippen molar-refractivity contribution in [2.24, 2.45) is 5.92 Å². The fourth-order valence-corrected chi connectivity index (χ4v) is 3.18. The van der Waals surface area contributed by atoms with Gasteiger partial charge in [0.25, 0.3) is 5.91 Å². The molecule has 5 heteroatoms. The second-order valence-electron chi connectivity index (χ2n) is 5.56. The number of amides is 1. The van der Waals surface area contributed by atoms with Crippen LogP contribution in [0.2, 0.25) is 0 Å². The molecule has 1 amide bonds. The lowest BCUT2D eigenvalue weighted by Crippen LogP contribution is -2.57. The van der Waals surface area contributed by atoms with Gasteiger partial charge >= 0.3 is 0 Å². The van der Waals surface area contributed by atoms with Gasteiger partial charge in [-0.1, -0.05) is 0 Å². The van der Waals surface area contributed by atoms with Crippen molar-refractivity contribution in [2.75, 3.05) is 26.7 Å². The number of benzene rings is 1. The van der Waals surface area contributed by atoms with Crippen LogP contribution in [0, 0.1) is 11.7 Å². The molecule has 3 fully saturated rings. The van der Waals surface area contributed by atoms with Crippen molar-refractivity contribution in [1.29, 1.82) is 0 Å². The molecule has 0 aliphatic carbocycles. The van der Waals surface area contributed by atoms with E-state index in [1.54, 1.807) is 6.07 Å². The summed E-state index contributed by atoms with van der Waals surface area (Å²) >= 11 is 0. The number of piperidine rings is 3. The molecular formula is C15H19FN2O2. The van der Waals surface area contributed by atoms with Crippen molar-refractivity contribution in [2.45, 2.75) is 18.9 Å². The zero-order valence-electron chi connectivity index (χ0n) is 11.6. The van der Waals surface area contributed by atoms with Gasteiger partial charge in [0.15, 0.2) is 0 Å². The molecule has 1 N–H and O–H groups in total. The van der Waals surface area contributed by atoms with Gasteiger partial charge < -0.3 is 15.0 Å². The highest BCUT2D eigenvalue weighted by molar-refractivity contribution is 5.94. The Morgan fingerprint density at radius 1 is 1.40 bits per heavy atom. The molecule has 0 radical (unpaired) electrons. The highest BCUT2D eigenvalue weighted by Gasteiger charge is 2.35. The Balaban J connectivity index is 1.70. The number of fused-ring (bicyclic) bond motifs is 3. The van der Waals surface area contributed by atoms with E-state index in [1.165, 1.54) is 19.2 Å². The Kier molecular flexibility index (Phi) is 3.61. The number of nitrogens with one attached hydrogen (secondary N) is 1. The Morgan fingerprint density at radius 3 is 2.70 bits per heavy atom. The Hall–Kier alpha value is -1.62. The van der Waals surface area contributed by atoms with Crippen LogP contribution in [0.5, 0.6) is 5.75 Å². The summed E-state index contributed by atoms with van der Waals surface area (Å²) in [5.41, 5.74) is 0.0854. The van der Waals surface area contributed by atoms with E-state index < -0.39 is 5.82 Å². The van der Waals surface area contributed by atoms with E-state index in [2.05, 4.69) is 10.2 Å². The molecule has 4 nitrogen and oxygen atoms in total. The third-order valence-electron chi connectivity index (χ3n) is 4.39. The second-order valence-corrected chi connectivity index (χ2v) is 5.56. The number of hydrogen-bond acceptors (Lipinski definition) is 3. The van der Waals surface area contributed by atoms with E-state index in [0.29, 0.717) is 11.7 Å². The van der Waals surface area contributed by atoms with Crippen molar-refractivity contribution in [3.05, 3.63) is 29.6 Å². The number of rotatable bonds is 3. The van der Waals surface area contributed by atoms with E-state index in [9.17, 15) is 9.18 Å². The van der Waals surface area contributed by atoms with E-state index in [1.807, 2.05) is 0 Å². The van der Waals surface area contributed by atoms with Gasteiger partial charge in [-0.2, -0.15) is 0 Å². The molecular weight excluding hydrogens is 259 g/mol. The van der Waals surface area contributed by atoms with E-state index >= 15 is 0 Å². The summed E-state index contributed by atoms with van der Waals surface area (Å²) in [6.07, 6.45) is 2.24. The highest BCUT2D eigenvalue weighted by Crippen LogP contribution is 2.27. The summed E-state index contributed by atoms with van der Waals surface area (Å²) in [4.78, 5) is 14.6. The van der Waals surface area contributed by atoms with Gasteiger partial charge in [0, 0.05) is 18.7 Å². The molecule has 1 atom stereocenters. The van der Waals surface area contributed by atoms with Crippen molar-refractivity contribution in [1.82, 2.24) is 10.2 Å². The molecule has 0 saturated carbocycles. The largest absolute Gasteiger partial charge is 0.497 e. The Bertz CT molecular complexity index is 513. The fraction of sp³-hybridized carbons (Fsp3) is 0.533. The number of carbonyl (C=O) groups excluding carboxylic acids is 1. The van der Waals surface area contributed by atoms with Gasteiger partial charge in [-0.3, -0.25) is 4.79 Å². The first kappa shape index (κ1) is 13.4. The lowest BCUT2D eigenvalue weighted by molar-refractivity contribution is 0.0618. The Labute approximate surface area is 117 Å². The number of nitrogens with zero attached hydrogens (tertiary/aromatic N) is 1. The molecule has 108 valence electrons. The molecule has 1 aromatic carbocycles. The third kappa shape index (κ3) is 2.50. The van der Waals surface area contributed by atoms with Crippen LogP contribution < -0.4 is 10.1 Å². The number of carbonyl (C=O) groups is 1. The van der Waals surface area contributed by atoms with Crippen molar-refractivity contribution in [3.8, 4) is 5.75 Å². The van der Waals surface area contributed by atoms with Crippen LogP contribution >= 0.6 is 0 Å². The van der Waals surface area contributed by atoms with Gasteiger partial charge in [0.1, 0.15) is 11.6 Å². The third-order valence-corrected chi connectivity index (χ3v) is 4.39. The standard InChI is InChI=1S/C15H19FN2O2/c1-20-11-2-3-12(13(16)8-11)15(19)17-14-9-18-6-4-10(14)5-7-18/h2-3,8,10,14H,4-7,9H2,1H3,(H,17,19). The van der Waals surface area contributed by atoms with Crippen LogP contribution in [-0.2, 0) is 0 Å². The predicted octanol–water partition coefficient (Wildman–Crippen LogP) is 1.66. The number of halogens is 1. The van der Waals surface area contributed by atoms with Crippen molar-refractivity contribution >= 4 is 5.91 Å². The first-order chi connectivity index (χ1) is 9.67. The maximum absolute atomic E-state index is 13.9. The van der Waals surface area contributed by atoms with Crippen LogP contribution in [0.3, 0.4) is 0 Å². The summed E-state index contributed by atoms with van der Waals surface area (Å²) in [6, 6.07) is 4.47. The quantitative estimate of drug-likeness (QED) is 0.914. The van der Waals surface area contributed by atoms with E-state index in [-0.39, 0.29) is 17.5 Å². The van der Waals surface area contributed by atoms with Crippen LogP contribution in [0.15, 0.2) is 18.2 Å². The second kappa shape index (κ2) is 5.40. The summed E-state index contributed by atoms with van der Waals surface area (Å²) in [5, 5.41) is 2.98.